The molecule has 2 aliphatic heterocycles. The molecule has 2 rings (SSSR count). The van der Waals surface area contributed by atoms with Crippen LogP contribution in [-0.2, 0) is 9.59 Å². The maximum atomic E-state index is 11.3. The van der Waals surface area contributed by atoms with Crippen LogP contribution in [0.15, 0.2) is 11.8 Å². The molecule has 0 aromatic rings. The SMILES string of the molecule is CC1C=C(C(=O)[O-])N2C(=O)C(N)[C@H]2S1.[Na+]. The standard InChI is InChI=1S/C8H10N2O3S.Na/c1-3-2-4(8(12)13)10-6(11)5(9)7(10)14-3;/h2-3,5,7H,9H2,1H3,(H,12,13);/q;+1/p-1/t3?,5?,7-;/m1./s1. The van der Waals surface area contributed by atoms with Gasteiger partial charge in [0.1, 0.15) is 11.4 Å². The van der Waals surface area contributed by atoms with Gasteiger partial charge in [-0.25, -0.2) is 0 Å². The molecule has 2 heterocycles. The monoisotopic (exact) mass is 236 g/mol. The number of carbonyl (C=O) groups is 2. The molecule has 76 valence electrons. The fourth-order valence-corrected chi connectivity index (χ4v) is 2.89. The summed E-state index contributed by atoms with van der Waals surface area (Å²) in [6.45, 7) is 1.86. The van der Waals surface area contributed by atoms with Crippen molar-refractivity contribution in [2.45, 2.75) is 23.6 Å². The van der Waals surface area contributed by atoms with E-state index in [9.17, 15) is 14.7 Å². The molecule has 1 saturated heterocycles. The first-order valence-electron chi connectivity index (χ1n) is 4.19. The molecule has 0 aromatic carbocycles. The van der Waals surface area contributed by atoms with Crippen molar-refractivity contribution in [3.63, 3.8) is 0 Å². The summed E-state index contributed by atoms with van der Waals surface area (Å²) in [4.78, 5) is 23.2. The summed E-state index contributed by atoms with van der Waals surface area (Å²) in [7, 11) is 0. The second-order valence-electron chi connectivity index (χ2n) is 3.31. The number of rotatable bonds is 1. The van der Waals surface area contributed by atoms with Gasteiger partial charge in [0.2, 0.25) is 5.91 Å². The van der Waals surface area contributed by atoms with Gasteiger partial charge in [-0.2, -0.15) is 0 Å². The number of nitrogens with two attached hydrogens (primary N) is 1. The average Bonchev–Trinajstić information content (AvgIpc) is 2.15. The number of carboxylic acids is 1. The summed E-state index contributed by atoms with van der Waals surface area (Å²) < 4.78 is 0. The van der Waals surface area contributed by atoms with E-state index in [1.165, 1.54) is 22.7 Å². The van der Waals surface area contributed by atoms with Crippen molar-refractivity contribution in [2.75, 3.05) is 0 Å². The fourth-order valence-electron chi connectivity index (χ4n) is 1.62. The van der Waals surface area contributed by atoms with Crippen LogP contribution in [-0.4, -0.2) is 33.4 Å². The molecule has 7 heteroatoms. The Morgan fingerprint density at radius 1 is 1.67 bits per heavy atom. The fraction of sp³-hybridized carbons (Fsp3) is 0.500. The summed E-state index contributed by atoms with van der Waals surface area (Å²) in [5.41, 5.74) is 5.50. The second-order valence-corrected chi connectivity index (χ2v) is 4.80. The van der Waals surface area contributed by atoms with Gasteiger partial charge >= 0.3 is 29.6 Å². The summed E-state index contributed by atoms with van der Waals surface area (Å²) >= 11 is 1.48. The molecule has 1 fully saturated rings. The molecule has 3 atom stereocenters. The van der Waals surface area contributed by atoms with Gasteiger partial charge in [0.05, 0.1) is 11.7 Å². The zero-order valence-electron chi connectivity index (χ0n) is 8.47. The molecule has 0 aliphatic carbocycles. The van der Waals surface area contributed by atoms with E-state index in [-0.39, 0.29) is 51.8 Å². The number of carbonyl (C=O) groups excluding carboxylic acids is 2. The van der Waals surface area contributed by atoms with Crippen molar-refractivity contribution in [3.05, 3.63) is 11.8 Å². The smallest absolute Gasteiger partial charge is 0.543 e. The summed E-state index contributed by atoms with van der Waals surface area (Å²) in [5, 5.41) is 10.5. The van der Waals surface area contributed by atoms with Gasteiger partial charge in [-0.05, 0) is 13.0 Å². The van der Waals surface area contributed by atoms with Crippen molar-refractivity contribution < 1.29 is 44.3 Å². The van der Waals surface area contributed by atoms with Gasteiger partial charge in [0.25, 0.3) is 0 Å². The van der Waals surface area contributed by atoms with Crippen LogP contribution in [0.25, 0.3) is 0 Å². The zero-order valence-corrected chi connectivity index (χ0v) is 11.3. The third-order valence-corrected chi connectivity index (χ3v) is 3.65. The van der Waals surface area contributed by atoms with Crippen LogP contribution in [0.5, 0.6) is 0 Å². The molecule has 0 radical (unpaired) electrons. The number of carboxylic acid groups (broad SMARTS) is 1. The molecule has 0 aromatic heterocycles. The maximum absolute atomic E-state index is 11.3. The van der Waals surface area contributed by atoms with Gasteiger partial charge in [-0.15, -0.1) is 11.8 Å². The molecule has 15 heavy (non-hydrogen) atoms. The molecule has 2 unspecified atom stereocenters. The van der Waals surface area contributed by atoms with E-state index in [1.54, 1.807) is 0 Å². The Hall–Kier alpha value is -0.0100. The number of fused-ring (bicyclic) bond motifs is 1. The number of hydrogen-bond acceptors (Lipinski definition) is 5. The van der Waals surface area contributed by atoms with Gasteiger partial charge in [0, 0.05) is 5.25 Å². The number of thioether (sulfide) groups is 1. The second kappa shape index (κ2) is 4.47. The first-order valence-corrected chi connectivity index (χ1v) is 5.14. The average molecular weight is 236 g/mol. The van der Waals surface area contributed by atoms with Crippen LogP contribution in [0.4, 0.5) is 0 Å². The number of aliphatic carboxylic acids is 1. The van der Waals surface area contributed by atoms with E-state index < -0.39 is 12.0 Å². The van der Waals surface area contributed by atoms with E-state index in [2.05, 4.69) is 0 Å². The minimum absolute atomic E-state index is 0. The van der Waals surface area contributed by atoms with Crippen LogP contribution in [0.3, 0.4) is 0 Å². The molecular formula is C8H9N2NaO3S. The van der Waals surface area contributed by atoms with Crippen LogP contribution in [0, 0.1) is 0 Å². The molecule has 1 amide bonds. The maximum Gasteiger partial charge on any atom is 1.00 e. The normalized spacial score (nSPS) is 33.5. The third-order valence-electron chi connectivity index (χ3n) is 2.30. The minimum Gasteiger partial charge on any atom is -0.543 e. The van der Waals surface area contributed by atoms with E-state index in [0.717, 1.165) is 0 Å². The zero-order chi connectivity index (χ0) is 10.5. The summed E-state index contributed by atoms with van der Waals surface area (Å²) in [6, 6.07) is -0.578. The van der Waals surface area contributed by atoms with Gasteiger partial charge in [-0.1, -0.05) is 0 Å². The first-order chi connectivity index (χ1) is 6.52. The molecular weight excluding hydrogens is 227 g/mol. The Morgan fingerprint density at radius 3 is 2.80 bits per heavy atom. The predicted molar refractivity (Wildman–Crippen MR) is 48.8 cm³/mol. The Bertz CT molecular complexity index is 347. The Balaban J connectivity index is 0.00000112. The largest absolute Gasteiger partial charge is 1.00 e. The Morgan fingerprint density at radius 2 is 2.27 bits per heavy atom. The number of hydrogen-bond donors (Lipinski definition) is 1. The summed E-state index contributed by atoms with van der Waals surface area (Å²) in [5.74, 6) is -1.66. The Kier molecular flexibility index (Phi) is 3.89. The van der Waals surface area contributed by atoms with Crippen molar-refractivity contribution in [3.8, 4) is 0 Å². The van der Waals surface area contributed by atoms with Crippen molar-refractivity contribution in [2.24, 2.45) is 5.73 Å². The van der Waals surface area contributed by atoms with Crippen molar-refractivity contribution in [1.29, 1.82) is 0 Å². The number of amides is 1. The predicted octanol–water partition coefficient (Wildman–Crippen LogP) is -4.74. The van der Waals surface area contributed by atoms with Gasteiger partial charge in [0.15, 0.2) is 0 Å². The van der Waals surface area contributed by atoms with E-state index in [0.29, 0.717) is 0 Å². The van der Waals surface area contributed by atoms with E-state index >= 15 is 0 Å². The molecule has 0 bridgehead atoms. The molecule has 0 spiro atoms. The van der Waals surface area contributed by atoms with Gasteiger partial charge in [-0.3, -0.25) is 9.69 Å². The number of β-lactam (4-membered cyclic amide) rings is 1. The van der Waals surface area contributed by atoms with E-state index in [1.807, 2.05) is 6.92 Å². The van der Waals surface area contributed by atoms with Gasteiger partial charge < -0.3 is 15.6 Å². The van der Waals surface area contributed by atoms with Crippen LogP contribution in [0.2, 0.25) is 0 Å². The molecule has 0 saturated carbocycles. The van der Waals surface area contributed by atoms with Crippen LogP contribution < -0.4 is 40.4 Å². The topological polar surface area (TPSA) is 86.5 Å². The molecule has 5 nitrogen and oxygen atoms in total. The van der Waals surface area contributed by atoms with Crippen LogP contribution in [0.1, 0.15) is 6.92 Å². The number of nitrogens with zero attached hydrogens (tertiary/aromatic N) is 1. The summed E-state index contributed by atoms with van der Waals surface area (Å²) in [6.07, 6.45) is 1.51. The quantitative estimate of drug-likeness (QED) is 0.365. The van der Waals surface area contributed by atoms with Crippen molar-refractivity contribution in [1.82, 2.24) is 4.90 Å². The van der Waals surface area contributed by atoms with E-state index in [4.69, 9.17) is 5.73 Å². The third kappa shape index (κ3) is 1.97. The minimum atomic E-state index is -1.32. The Labute approximate surface area is 113 Å². The van der Waals surface area contributed by atoms with Crippen LogP contribution >= 0.6 is 11.8 Å². The van der Waals surface area contributed by atoms with Crippen molar-refractivity contribution >= 4 is 23.6 Å². The first kappa shape index (κ1) is 13.1. The molecule has 2 aliphatic rings. The molecule has 2 N–H and O–H groups in total.